The number of carbonyl (C=O) groups is 2. The monoisotopic (exact) mass is 367 g/mol. The van der Waals surface area contributed by atoms with Crippen molar-refractivity contribution in [1.82, 2.24) is 15.5 Å². The Bertz CT molecular complexity index is 581. The zero-order valence-electron chi connectivity index (χ0n) is 15.6. The van der Waals surface area contributed by atoms with Gasteiger partial charge in [0.15, 0.2) is 0 Å². The molecule has 0 saturated carbocycles. The van der Waals surface area contributed by atoms with Crippen LogP contribution in [0.5, 0.6) is 0 Å². The maximum atomic E-state index is 12.6. The smallest absolute Gasteiger partial charge is 0.242 e. The van der Waals surface area contributed by atoms with Crippen LogP contribution in [0.25, 0.3) is 0 Å². The summed E-state index contributed by atoms with van der Waals surface area (Å²) in [5.74, 6) is -0.131. The average Bonchev–Trinajstić information content (AvgIpc) is 2.58. The van der Waals surface area contributed by atoms with Crippen LogP contribution in [0.2, 0.25) is 0 Å². The Hall–Kier alpha value is -1.59. The zero-order valence-corrected chi connectivity index (χ0v) is 16.4. The van der Waals surface area contributed by atoms with E-state index in [-0.39, 0.29) is 36.8 Å². The molecule has 1 atom stereocenters. The second-order valence-electron chi connectivity index (χ2n) is 7.33. The predicted molar refractivity (Wildman–Crippen MR) is 103 cm³/mol. The molecule has 2 N–H and O–H groups in total. The second kappa shape index (κ2) is 9.20. The fourth-order valence-electron chi connectivity index (χ4n) is 2.80. The van der Waals surface area contributed by atoms with Crippen molar-refractivity contribution in [1.29, 1.82) is 0 Å². The van der Waals surface area contributed by atoms with E-state index in [9.17, 15) is 9.59 Å². The fraction of sp³-hybridized carbons (Fsp3) is 0.579. The molecule has 25 heavy (non-hydrogen) atoms. The highest BCUT2D eigenvalue weighted by molar-refractivity contribution is 5.87. The molecule has 140 valence electrons. The molecule has 1 aromatic carbocycles. The molecule has 1 aliphatic rings. The number of nitrogens with zero attached hydrogens (tertiary/aromatic N) is 1. The highest BCUT2D eigenvalue weighted by atomic mass is 35.5. The lowest BCUT2D eigenvalue weighted by molar-refractivity contribution is -0.137. The molecule has 1 saturated heterocycles. The minimum atomic E-state index is -0.487. The molecular weight excluding hydrogens is 338 g/mol. The maximum Gasteiger partial charge on any atom is 0.242 e. The molecule has 0 bridgehead atoms. The summed E-state index contributed by atoms with van der Waals surface area (Å²) in [4.78, 5) is 26.5. The van der Waals surface area contributed by atoms with E-state index in [1.807, 2.05) is 25.7 Å². The van der Waals surface area contributed by atoms with Crippen molar-refractivity contribution >= 4 is 24.2 Å². The van der Waals surface area contributed by atoms with Gasteiger partial charge in [0.05, 0.1) is 12.6 Å². The van der Waals surface area contributed by atoms with Gasteiger partial charge in [0.25, 0.3) is 0 Å². The molecule has 2 rings (SSSR count). The van der Waals surface area contributed by atoms with E-state index in [1.54, 1.807) is 0 Å². The zero-order chi connectivity index (χ0) is 17.7. The van der Waals surface area contributed by atoms with Crippen molar-refractivity contribution in [2.24, 2.45) is 5.41 Å². The van der Waals surface area contributed by atoms with E-state index in [4.69, 9.17) is 0 Å². The van der Waals surface area contributed by atoms with E-state index >= 15 is 0 Å². The van der Waals surface area contributed by atoms with Gasteiger partial charge in [-0.15, -0.1) is 12.4 Å². The summed E-state index contributed by atoms with van der Waals surface area (Å²) in [6.07, 6.45) is 1.00. The van der Waals surface area contributed by atoms with Crippen LogP contribution in [0.1, 0.15) is 44.9 Å². The Kier molecular flexibility index (Phi) is 7.90. The van der Waals surface area contributed by atoms with E-state index in [2.05, 4.69) is 41.8 Å². The van der Waals surface area contributed by atoms with Crippen molar-refractivity contribution < 1.29 is 9.59 Å². The number of carbonyl (C=O) groups excluding carboxylic acids is 2. The third kappa shape index (κ3) is 5.72. The maximum absolute atomic E-state index is 12.6. The van der Waals surface area contributed by atoms with Crippen LogP contribution in [0.3, 0.4) is 0 Å². The van der Waals surface area contributed by atoms with Crippen LogP contribution >= 0.6 is 12.4 Å². The first-order chi connectivity index (χ1) is 11.3. The number of amides is 2. The Morgan fingerprint density at radius 3 is 2.44 bits per heavy atom. The van der Waals surface area contributed by atoms with Crippen molar-refractivity contribution in [3.8, 4) is 0 Å². The number of aryl methyl sites for hydroxylation is 1. The minimum Gasteiger partial charge on any atom is -0.347 e. The third-order valence-electron chi connectivity index (χ3n) is 4.42. The quantitative estimate of drug-likeness (QED) is 0.858. The summed E-state index contributed by atoms with van der Waals surface area (Å²) in [7, 11) is 0. The van der Waals surface area contributed by atoms with Crippen molar-refractivity contribution in [2.75, 3.05) is 26.2 Å². The number of piperazine rings is 1. The van der Waals surface area contributed by atoms with Crippen LogP contribution in [0.4, 0.5) is 0 Å². The number of rotatable bonds is 4. The van der Waals surface area contributed by atoms with Crippen molar-refractivity contribution in [2.45, 2.75) is 40.2 Å². The lowest BCUT2D eigenvalue weighted by atomic mass is 9.96. The minimum absolute atomic E-state index is 0. The Balaban J connectivity index is 0.00000312. The molecule has 0 aliphatic carbocycles. The molecule has 5 nitrogen and oxygen atoms in total. The summed E-state index contributed by atoms with van der Waals surface area (Å²) in [6.45, 7) is 9.89. The number of hydrogen-bond acceptors (Lipinski definition) is 3. The van der Waals surface area contributed by atoms with Crippen LogP contribution in [0, 0.1) is 5.41 Å². The van der Waals surface area contributed by atoms with Gasteiger partial charge in [-0.25, -0.2) is 0 Å². The van der Waals surface area contributed by atoms with E-state index in [1.165, 1.54) is 5.56 Å². The predicted octanol–water partition coefficient (Wildman–Crippen LogP) is 2.31. The molecule has 0 aromatic heterocycles. The van der Waals surface area contributed by atoms with E-state index in [0.717, 1.165) is 25.1 Å². The van der Waals surface area contributed by atoms with Gasteiger partial charge >= 0.3 is 0 Å². The normalized spacial score (nSPS) is 17.6. The largest absolute Gasteiger partial charge is 0.347 e. The lowest BCUT2D eigenvalue weighted by Gasteiger charge is -2.37. The summed E-state index contributed by atoms with van der Waals surface area (Å²) in [5.41, 5.74) is 1.94. The number of halogens is 1. The molecule has 1 fully saturated rings. The summed E-state index contributed by atoms with van der Waals surface area (Å²) >= 11 is 0. The molecule has 1 heterocycles. The van der Waals surface area contributed by atoms with Gasteiger partial charge < -0.3 is 15.5 Å². The van der Waals surface area contributed by atoms with Crippen molar-refractivity contribution in [3.05, 3.63) is 35.4 Å². The van der Waals surface area contributed by atoms with Gasteiger partial charge in [0.1, 0.15) is 0 Å². The Morgan fingerprint density at radius 1 is 1.24 bits per heavy atom. The molecular formula is C19H30ClN3O2. The highest BCUT2D eigenvalue weighted by Gasteiger charge is 2.29. The number of hydrogen-bond donors (Lipinski definition) is 2. The van der Waals surface area contributed by atoms with E-state index < -0.39 is 5.41 Å². The first-order valence-corrected chi connectivity index (χ1v) is 8.70. The fourth-order valence-corrected chi connectivity index (χ4v) is 2.80. The van der Waals surface area contributed by atoms with Crippen LogP contribution in [0.15, 0.2) is 24.3 Å². The Labute approximate surface area is 157 Å². The number of benzene rings is 1. The SMILES string of the molecule is CCc1ccc(C2CNCCN2C(=O)CNC(=O)C(C)(C)C)cc1.Cl. The number of nitrogens with one attached hydrogen (secondary N) is 2. The van der Waals surface area contributed by atoms with Crippen LogP contribution < -0.4 is 10.6 Å². The summed E-state index contributed by atoms with van der Waals surface area (Å²) < 4.78 is 0. The molecule has 1 aliphatic heterocycles. The first-order valence-electron chi connectivity index (χ1n) is 8.70. The third-order valence-corrected chi connectivity index (χ3v) is 4.42. The Morgan fingerprint density at radius 2 is 1.88 bits per heavy atom. The van der Waals surface area contributed by atoms with Crippen molar-refractivity contribution in [3.63, 3.8) is 0 Å². The molecule has 1 unspecified atom stereocenters. The summed E-state index contributed by atoms with van der Waals surface area (Å²) in [5, 5.41) is 6.11. The summed E-state index contributed by atoms with van der Waals surface area (Å²) in [6, 6.07) is 8.46. The van der Waals surface area contributed by atoms with Gasteiger partial charge in [-0.05, 0) is 17.5 Å². The van der Waals surface area contributed by atoms with Gasteiger partial charge in [-0.1, -0.05) is 52.0 Å². The van der Waals surface area contributed by atoms with Crippen LogP contribution in [-0.2, 0) is 16.0 Å². The molecule has 1 aromatic rings. The lowest BCUT2D eigenvalue weighted by Crippen LogP contribution is -2.52. The molecule has 0 radical (unpaired) electrons. The average molecular weight is 368 g/mol. The van der Waals surface area contributed by atoms with Gasteiger partial charge in [-0.3, -0.25) is 9.59 Å². The molecule has 6 heteroatoms. The first kappa shape index (κ1) is 21.5. The second-order valence-corrected chi connectivity index (χ2v) is 7.33. The standard InChI is InChI=1S/C19H29N3O2.ClH/c1-5-14-6-8-15(9-7-14)16-12-20-10-11-22(16)17(23)13-21-18(24)19(2,3)4;/h6-9,16,20H,5,10-13H2,1-4H3,(H,21,24);1H. The highest BCUT2D eigenvalue weighted by Crippen LogP contribution is 2.23. The van der Waals surface area contributed by atoms with E-state index in [0.29, 0.717) is 6.54 Å². The van der Waals surface area contributed by atoms with Gasteiger partial charge in [0, 0.05) is 25.0 Å². The topological polar surface area (TPSA) is 61.4 Å². The molecule has 2 amide bonds. The molecule has 0 spiro atoms. The van der Waals surface area contributed by atoms with Gasteiger partial charge in [0.2, 0.25) is 11.8 Å². The van der Waals surface area contributed by atoms with Gasteiger partial charge in [-0.2, -0.15) is 0 Å². The van der Waals surface area contributed by atoms with Crippen LogP contribution in [-0.4, -0.2) is 42.9 Å².